The van der Waals surface area contributed by atoms with Crippen molar-refractivity contribution >= 4 is 17.3 Å². The molecule has 1 fully saturated rings. The second kappa shape index (κ2) is 6.11. The van der Waals surface area contributed by atoms with Crippen LogP contribution < -0.4 is 10.6 Å². The highest BCUT2D eigenvalue weighted by atomic mass is 16.6. The lowest BCUT2D eigenvalue weighted by Crippen LogP contribution is -2.47. The zero-order valence-electron chi connectivity index (χ0n) is 12.4. The summed E-state index contributed by atoms with van der Waals surface area (Å²) in [4.78, 5) is 22.8. The Morgan fingerprint density at radius 1 is 1.29 bits per heavy atom. The first-order valence-corrected chi connectivity index (χ1v) is 7.24. The standard InChI is InChI=1S/C15H21N3O3/c1-15(8-4-3-5-9-15)17-14(19)11-6-7-13(18(20)21)12(10-11)16-2/h6-7,10,16H,3-5,8-9H2,1-2H3,(H,17,19). The van der Waals surface area contributed by atoms with Gasteiger partial charge in [-0.15, -0.1) is 0 Å². The monoisotopic (exact) mass is 291 g/mol. The maximum Gasteiger partial charge on any atom is 0.292 e. The van der Waals surface area contributed by atoms with E-state index in [4.69, 9.17) is 0 Å². The van der Waals surface area contributed by atoms with Gasteiger partial charge in [0.1, 0.15) is 5.69 Å². The summed E-state index contributed by atoms with van der Waals surface area (Å²) in [5.74, 6) is -0.175. The Hall–Kier alpha value is -2.11. The van der Waals surface area contributed by atoms with Crippen LogP contribution in [0.5, 0.6) is 0 Å². The zero-order valence-corrected chi connectivity index (χ0v) is 12.4. The quantitative estimate of drug-likeness (QED) is 0.659. The van der Waals surface area contributed by atoms with Gasteiger partial charge in [0.15, 0.2) is 0 Å². The molecule has 0 aliphatic heterocycles. The van der Waals surface area contributed by atoms with Crippen LogP contribution in [0.2, 0.25) is 0 Å². The Morgan fingerprint density at radius 3 is 2.52 bits per heavy atom. The van der Waals surface area contributed by atoms with Crippen molar-refractivity contribution in [1.29, 1.82) is 0 Å². The molecule has 2 rings (SSSR count). The number of rotatable bonds is 4. The largest absolute Gasteiger partial charge is 0.383 e. The Kier molecular flexibility index (Phi) is 4.45. The summed E-state index contributed by atoms with van der Waals surface area (Å²) in [5, 5.41) is 16.7. The lowest BCUT2D eigenvalue weighted by molar-refractivity contribution is -0.383. The number of benzene rings is 1. The Balaban J connectivity index is 2.17. The number of anilines is 1. The van der Waals surface area contributed by atoms with Gasteiger partial charge in [0.25, 0.3) is 11.6 Å². The van der Waals surface area contributed by atoms with Gasteiger partial charge in [0.05, 0.1) is 4.92 Å². The molecular weight excluding hydrogens is 270 g/mol. The van der Waals surface area contributed by atoms with Crippen LogP contribution in [0, 0.1) is 10.1 Å². The minimum absolute atomic E-state index is 0.0297. The predicted octanol–water partition coefficient (Wildman–Crippen LogP) is 3.09. The van der Waals surface area contributed by atoms with Gasteiger partial charge in [-0.1, -0.05) is 19.3 Å². The first kappa shape index (κ1) is 15.3. The molecule has 0 aromatic heterocycles. The lowest BCUT2D eigenvalue weighted by atomic mass is 9.83. The number of nitrogens with one attached hydrogen (secondary N) is 2. The van der Waals surface area contributed by atoms with Crippen molar-refractivity contribution in [3.63, 3.8) is 0 Å². The number of amides is 1. The maximum absolute atomic E-state index is 12.4. The predicted molar refractivity (Wildman–Crippen MR) is 81.6 cm³/mol. The number of nitro groups is 1. The van der Waals surface area contributed by atoms with E-state index in [2.05, 4.69) is 17.6 Å². The number of carbonyl (C=O) groups excluding carboxylic acids is 1. The van der Waals surface area contributed by atoms with E-state index in [9.17, 15) is 14.9 Å². The van der Waals surface area contributed by atoms with Crippen molar-refractivity contribution in [3.8, 4) is 0 Å². The van der Waals surface area contributed by atoms with Crippen LogP contribution in [0.1, 0.15) is 49.4 Å². The molecule has 2 N–H and O–H groups in total. The third kappa shape index (κ3) is 3.51. The van der Waals surface area contributed by atoms with Gasteiger partial charge in [0.2, 0.25) is 0 Å². The average molecular weight is 291 g/mol. The molecule has 0 saturated heterocycles. The van der Waals surface area contributed by atoms with Crippen molar-refractivity contribution in [3.05, 3.63) is 33.9 Å². The van der Waals surface area contributed by atoms with Crippen LogP contribution in [0.25, 0.3) is 0 Å². The Bertz CT molecular complexity index is 551. The SMILES string of the molecule is CNc1cc(C(=O)NC2(C)CCCCC2)ccc1[N+](=O)[O-]. The number of nitro benzene ring substituents is 1. The van der Waals surface area contributed by atoms with E-state index in [1.54, 1.807) is 7.05 Å². The van der Waals surface area contributed by atoms with Crippen molar-refractivity contribution in [2.75, 3.05) is 12.4 Å². The van der Waals surface area contributed by atoms with Gasteiger partial charge in [-0.05, 0) is 31.9 Å². The highest BCUT2D eigenvalue weighted by Crippen LogP contribution is 2.29. The summed E-state index contributed by atoms with van der Waals surface area (Å²) in [5.41, 5.74) is 0.591. The third-order valence-corrected chi connectivity index (χ3v) is 4.10. The summed E-state index contributed by atoms with van der Waals surface area (Å²) < 4.78 is 0. The van der Waals surface area contributed by atoms with E-state index in [0.717, 1.165) is 25.7 Å². The molecule has 0 heterocycles. The maximum atomic E-state index is 12.4. The molecular formula is C15H21N3O3. The van der Waals surface area contributed by atoms with Gasteiger partial charge >= 0.3 is 0 Å². The molecule has 1 aliphatic carbocycles. The molecule has 0 unspecified atom stereocenters. The molecule has 0 radical (unpaired) electrons. The van der Waals surface area contributed by atoms with E-state index < -0.39 is 4.92 Å². The van der Waals surface area contributed by atoms with E-state index in [-0.39, 0.29) is 17.1 Å². The van der Waals surface area contributed by atoms with Gasteiger partial charge in [-0.3, -0.25) is 14.9 Å². The van der Waals surface area contributed by atoms with Gasteiger partial charge in [-0.2, -0.15) is 0 Å². The fraction of sp³-hybridized carbons (Fsp3) is 0.533. The molecule has 6 nitrogen and oxygen atoms in total. The summed E-state index contributed by atoms with van der Waals surface area (Å²) in [6.07, 6.45) is 5.42. The zero-order chi connectivity index (χ0) is 15.5. The van der Waals surface area contributed by atoms with Gasteiger partial charge in [0, 0.05) is 24.2 Å². The molecule has 114 valence electrons. The number of hydrogen-bond acceptors (Lipinski definition) is 4. The topological polar surface area (TPSA) is 84.3 Å². The fourth-order valence-electron chi connectivity index (χ4n) is 2.84. The van der Waals surface area contributed by atoms with Crippen molar-refractivity contribution < 1.29 is 9.72 Å². The van der Waals surface area contributed by atoms with Crippen LogP contribution in [0.15, 0.2) is 18.2 Å². The molecule has 1 aromatic carbocycles. The smallest absolute Gasteiger partial charge is 0.292 e. The van der Waals surface area contributed by atoms with E-state index in [0.29, 0.717) is 11.3 Å². The molecule has 1 aliphatic rings. The van der Waals surface area contributed by atoms with Crippen LogP contribution in [0.3, 0.4) is 0 Å². The normalized spacial score (nSPS) is 17.0. The second-order valence-electron chi connectivity index (χ2n) is 5.81. The summed E-state index contributed by atoms with van der Waals surface area (Å²) in [6, 6.07) is 4.39. The molecule has 1 aromatic rings. The highest BCUT2D eigenvalue weighted by molar-refractivity contribution is 5.96. The molecule has 1 amide bonds. The van der Waals surface area contributed by atoms with E-state index in [1.807, 2.05) is 0 Å². The van der Waals surface area contributed by atoms with E-state index in [1.165, 1.54) is 24.6 Å². The molecule has 0 atom stereocenters. The minimum Gasteiger partial charge on any atom is -0.383 e. The van der Waals surface area contributed by atoms with Gasteiger partial charge in [-0.25, -0.2) is 0 Å². The minimum atomic E-state index is -0.462. The molecule has 6 heteroatoms. The first-order chi connectivity index (χ1) is 9.95. The van der Waals surface area contributed by atoms with Crippen molar-refractivity contribution in [2.24, 2.45) is 0 Å². The number of carbonyl (C=O) groups is 1. The molecule has 0 bridgehead atoms. The second-order valence-corrected chi connectivity index (χ2v) is 5.81. The molecule has 1 saturated carbocycles. The average Bonchev–Trinajstić information content (AvgIpc) is 2.46. The van der Waals surface area contributed by atoms with Crippen molar-refractivity contribution in [2.45, 2.75) is 44.6 Å². The first-order valence-electron chi connectivity index (χ1n) is 7.24. The van der Waals surface area contributed by atoms with Crippen LogP contribution in [-0.4, -0.2) is 23.4 Å². The van der Waals surface area contributed by atoms with Crippen molar-refractivity contribution in [1.82, 2.24) is 5.32 Å². The Labute approximate surface area is 124 Å². The van der Waals surface area contributed by atoms with Gasteiger partial charge < -0.3 is 10.6 Å². The summed E-state index contributed by atoms with van der Waals surface area (Å²) in [7, 11) is 1.60. The third-order valence-electron chi connectivity index (χ3n) is 4.10. The summed E-state index contributed by atoms with van der Waals surface area (Å²) in [6.45, 7) is 2.06. The van der Waals surface area contributed by atoms with E-state index >= 15 is 0 Å². The highest BCUT2D eigenvalue weighted by Gasteiger charge is 2.29. The Morgan fingerprint density at radius 2 is 1.95 bits per heavy atom. The number of nitrogens with zero attached hydrogens (tertiary/aromatic N) is 1. The van der Waals surface area contributed by atoms with Crippen LogP contribution in [-0.2, 0) is 0 Å². The lowest BCUT2D eigenvalue weighted by Gasteiger charge is -2.34. The fourth-order valence-corrected chi connectivity index (χ4v) is 2.84. The molecule has 21 heavy (non-hydrogen) atoms. The molecule has 0 spiro atoms. The van der Waals surface area contributed by atoms with Crippen LogP contribution in [0.4, 0.5) is 11.4 Å². The summed E-state index contributed by atoms with van der Waals surface area (Å²) >= 11 is 0. The van der Waals surface area contributed by atoms with Crippen LogP contribution >= 0.6 is 0 Å². The number of hydrogen-bond donors (Lipinski definition) is 2.